The Morgan fingerprint density at radius 1 is 1.22 bits per heavy atom. The second kappa shape index (κ2) is 7.90. The first-order valence-electron chi connectivity index (χ1n) is 10.9. The van der Waals surface area contributed by atoms with E-state index in [4.69, 9.17) is 9.26 Å². The molecule has 3 fully saturated rings. The lowest BCUT2D eigenvalue weighted by atomic mass is 9.78. The third kappa shape index (κ3) is 4.20. The predicted molar refractivity (Wildman–Crippen MR) is 101 cm³/mol. The van der Waals surface area contributed by atoms with Gasteiger partial charge in [0.15, 0.2) is 5.82 Å². The lowest BCUT2D eigenvalue weighted by molar-refractivity contribution is -0.150. The van der Waals surface area contributed by atoms with Gasteiger partial charge in [-0.15, -0.1) is 0 Å². The SMILES string of the molecule is CCC(CC)C(=O)N1CCC2(CC1)CC(Cc1noc(C3CC3)n1)CCO2. The molecule has 3 aliphatic rings. The number of rotatable bonds is 6. The van der Waals surface area contributed by atoms with Crippen LogP contribution in [-0.2, 0) is 16.0 Å². The fourth-order valence-electron chi connectivity index (χ4n) is 4.79. The Labute approximate surface area is 162 Å². The van der Waals surface area contributed by atoms with Gasteiger partial charge < -0.3 is 14.2 Å². The zero-order valence-corrected chi connectivity index (χ0v) is 16.8. The smallest absolute Gasteiger partial charge is 0.229 e. The Morgan fingerprint density at radius 3 is 2.63 bits per heavy atom. The summed E-state index contributed by atoms with van der Waals surface area (Å²) in [5, 5.41) is 4.20. The van der Waals surface area contributed by atoms with E-state index in [-0.39, 0.29) is 11.5 Å². The molecule has 2 aliphatic heterocycles. The van der Waals surface area contributed by atoms with Crippen LogP contribution in [0.4, 0.5) is 0 Å². The first kappa shape index (κ1) is 18.9. The summed E-state index contributed by atoms with van der Waals surface area (Å²) in [4.78, 5) is 19.3. The highest BCUT2D eigenvalue weighted by atomic mass is 16.5. The summed E-state index contributed by atoms with van der Waals surface area (Å²) in [6, 6.07) is 0. The number of nitrogens with zero attached hydrogens (tertiary/aromatic N) is 3. The van der Waals surface area contributed by atoms with Crippen molar-refractivity contribution in [3.63, 3.8) is 0 Å². The largest absolute Gasteiger partial charge is 0.375 e. The van der Waals surface area contributed by atoms with Crippen molar-refractivity contribution in [2.45, 2.75) is 83.2 Å². The van der Waals surface area contributed by atoms with Crippen LogP contribution in [0.1, 0.15) is 82.8 Å². The fourth-order valence-corrected chi connectivity index (χ4v) is 4.79. The molecule has 0 N–H and O–H groups in total. The van der Waals surface area contributed by atoms with Crippen LogP contribution in [0.25, 0.3) is 0 Å². The van der Waals surface area contributed by atoms with E-state index in [0.29, 0.717) is 17.7 Å². The summed E-state index contributed by atoms with van der Waals surface area (Å²) < 4.78 is 11.7. The second-order valence-corrected chi connectivity index (χ2v) is 8.76. The molecule has 3 heterocycles. The van der Waals surface area contributed by atoms with Crippen molar-refractivity contribution >= 4 is 5.91 Å². The Balaban J connectivity index is 1.32. The third-order valence-electron chi connectivity index (χ3n) is 6.80. The number of carbonyl (C=O) groups is 1. The Hall–Kier alpha value is -1.43. The van der Waals surface area contributed by atoms with Gasteiger partial charge in [-0.1, -0.05) is 19.0 Å². The van der Waals surface area contributed by atoms with Gasteiger partial charge >= 0.3 is 0 Å². The van der Waals surface area contributed by atoms with E-state index in [9.17, 15) is 4.79 Å². The zero-order valence-electron chi connectivity index (χ0n) is 16.8. The van der Waals surface area contributed by atoms with Gasteiger partial charge in [0.1, 0.15) is 0 Å². The summed E-state index contributed by atoms with van der Waals surface area (Å²) in [5.74, 6) is 3.27. The lowest BCUT2D eigenvalue weighted by Gasteiger charge is -2.46. The second-order valence-electron chi connectivity index (χ2n) is 8.76. The summed E-state index contributed by atoms with van der Waals surface area (Å²) in [6.45, 7) is 6.68. The molecule has 1 unspecified atom stereocenters. The van der Waals surface area contributed by atoms with E-state index >= 15 is 0 Å². The van der Waals surface area contributed by atoms with Crippen LogP contribution < -0.4 is 0 Å². The highest BCUT2D eigenvalue weighted by Crippen LogP contribution is 2.41. The Bertz CT molecular complexity index is 643. The van der Waals surface area contributed by atoms with E-state index < -0.39 is 0 Å². The highest BCUT2D eigenvalue weighted by Gasteiger charge is 2.42. The van der Waals surface area contributed by atoms with Crippen LogP contribution in [0, 0.1) is 11.8 Å². The molecule has 1 spiro atoms. The molecule has 1 atom stereocenters. The Morgan fingerprint density at radius 2 is 1.96 bits per heavy atom. The maximum Gasteiger partial charge on any atom is 0.229 e. The van der Waals surface area contributed by atoms with E-state index in [1.807, 2.05) is 0 Å². The zero-order chi connectivity index (χ0) is 18.9. The molecule has 1 aromatic rings. The predicted octanol–water partition coefficient (Wildman–Crippen LogP) is 3.71. The van der Waals surface area contributed by atoms with Gasteiger partial charge in [-0.2, -0.15) is 4.98 Å². The maximum absolute atomic E-state index is 12.7. The van der Waals surface area contributed by atoms with E-state index in [1.165, 1.54) is 12.8 Å². The molecule has 6 nitrogen and oxygen atoms in total. The third-order valence-corrected chi connectivity index (χ3v) is 6.80. The Kier molecular flexibility index (Phi) is 5.53. The van der Waals surface area contributed by atoms with Gasteiger partial charge in [0, 0.05) is 38.0 Å². The molecule has 1 saturated carbocycles. The van der Waals surface area contributed by atoms with E-state index in [1.54, 1.807) is 0 Å². The number of aromatic nitrogens is 2. The van der Waals surface area contributed by atoms with Crippen molar-refractivity contribution in [3.8, 4) is 0 Å². The molecule has 1 aromatic heterocycles. The number of hydrogen-bond donors (Lipinski definition) is 0. The van der Waals surface area contributed by atoms with Crippen molar-refractivity contribution in [1.82, 2.24) is 15.0 Å². The molecule has 6 heteroatoms. The minimum Gasteiger partial charge on any atom is -0.375 e. The van der Waals surface area contributed by atoms with Crippen LogP contribution in [0.5, 0.6) is 0 Å². The topological polar surface area (TPSA) is 68.5 Å². The van der Waals surface area contributed by atoms with Crippen molar-refractivity contribution in [3.05, 3.63) is 11.7 Å². The average Bonchev–Trinajstić information content (AvgIpc) is 3.43. The van der Waals surface area contributed by atoms with Gasteiger partial charge in [-0.05, 0) is 57.3 Å². The van der Waals surface area contributed by atoms with Crippen LogP contribution in [0.15, 0.2) is 4.52 Å². The number of ether oxygens (including phenoxy) is 1. The summed E-state index contributed by atoms with van der Waals surface area (Å²) in [5.41, 5.74) is -0.0588. The molecule has 150 valence electrons. The van der Waals surface area contributed by atoms with Gasteiger partial charge in [-0.25, -0.2) is 0 Å². The van der Waals surface area contributed by atoms with Crippen LogP contribution in [0.2, 0.25) is 0 Å². The molecular weight excluding hydrogens is 342 g/mol. The quantitative estimate of drug-likeness (QED) is 0.758. The van der Waals surface area contributed by atoms with Crippen molar-refractivity contribution < 1.29 is 14.1 Å². The molecule has 2 saturated heterocycles. The molecule has 4 rings (SSSR count). The lowest BCUT2D eigenvalue weighted by Crippen LogP contribution is -2.52. The maximum atomic E-state index is 12.7. The first-order valence-corrected chi connectivity index (χ1v) is 10.9. The van der Waals surface area contributed by atoms with Crippen LogP contribution in [-0.4, -0.2) is 46.2 Å². The summed E-state index contributed by atoms with van der Waals surface area (Å²) >= 11 is 0. The fraction of sp³-hybridized carbons (Fsp3) is 0.857. The monoisotopic (exact) mass is 375 g/mol. The first-order chi connectivity index (χ1) is 13.1. The van der Waals surface area contributed by atoms with E-state index in [2.05, 4.69) is 28.9 Å². The normalized spacial score (nSPS) is 25.3. The minimum absolute atomic E-state index is 0.0588. The number of likely N-dealkylation sites (tertiary alicyclic amines) is 1. The average molecular weight is 376 g/mol. The molecule has 1 aliphatic carbocycles. The van der Waals surface area contributed by atoms with Crippen molar-refractivity contribution in [2.24, 2.45) is 11.8 Å². The number of carbonyl (C=O) groups excluding carboxylic acids is 1. The van der Waals surface area contributed by atoms with Gasteiger partial charge in [0.25, 0.3) is 0 Å². The standard InChI is InChI=1S/C21H33N3O3/c1-3-16(4-2)20(25)24-10-8-21(9-11-24)14-15(7-12-26-21)13-18-22-19(27-23-18)17-5-6-17/h15-17H,3-14H2,1-2H3. The van der Waals surface area contributed by atoms with Gasteiger partial charge in [0.2, 0.25) is 11.8 Å². The van der Waals surface area contributed by atoms with E-state index in [0.717, 1.165) is 76.4 Å². The number of piperidine rings is 1. The summed E-state index contributed by atoms with van der Waals surface area (Å²) in [6.07, 6.45) is 9.15. The molecule has 0 radical (unpaired) electrons. The van der Waals surface area contributed by atoms with Crippen molar-refractivity contribution in [2.75, 3.05) is 19.7 Å². The van der Waals surface area contributed by atoms with Gasteiger partial charge in [-0.3, -0.25) is 4.79 Å². The molecule has 0 aromatic carbocycles. The highest BCUT2D eigenvalue weighted by molar-refractivity contribution is 5.78. The van der Waals surface area contributed by atoms with Crippen molar-refractivity contribution in [1.29, 1.82) is 0 Å². The van der Waals surface area contributed by atoms with Gasteiger partial charge in [0.05, 0.1) is 5.60 Å². The minimum atomic E-state index is -0.0588. The molecule has 0 bridgehead atoms. The molecule has 1 amide bonds. The number of hydrogen-bond acceptors (Lipinski definition) is 5. The molecular formula is C21H33N3O3. The summed E-state index contributed by atoms with van der Waals surface area (Å²) in [7, 11) is 0. The number of amides is 1. The molecule has 27 heavy (non-hydrogen) atoms. The van der Waals surface area contributed by atoms with Crippen LogP contribution in [0.3, 0.4) is 0 Å². The van der Waals surface area contributed by atoms with Crippen LogP contribution >= 0.6 is 0 Å².